The second kappa shape index (κ2) is 11.4. The number of aliphatic carboxylic acids is 1. The molecule has 1 aliphatic carbocycles. The molecular formula is C22H38O4. The van der Waals surface area contributed by atoms with Crippen molar-refractivity contribution >= 4 is 11.9 Å². The number of ether oxygens (including phenoxy) is 1. The number of esters is 1. The zero-order chi connectivity index (χ0) is 19.6. The summed E-state index contributed by atoms with van der Waals surface area (Å²) in [6.07, 6.45) is 11.0. The highest BCUT2D eigenvalue weighted by atomic mass is 16.5. The lowest BCUT2D eigenvalue weighted by Crippen LogP contribution is -2.45. The quantitative estimate of drug-likeness (QED) is 0.287. The molecule has 0 spiro atoms. The average molecular weight is 367 g/mol. The smallest absolute Gasteiger partial charge is 0.332 e. The van der Waals surface area contributed by atoms with E-state index in [0.717, 1.165) is 51.4 Å². The molecule has 4 nitrogen and oxygen atoms in total. The number of carboxylic acids is 1. The van der Waals surface area contributed by atoms with E-state index in [1.165, 1.54) is 6.42 Å². The van der Waals surface area contributed by atoms with Crippen molar-refractivity contribution in [3.05, 3.63) is 11.6 Å². The zero-order valence-corrected chi connectivity index (χ0v) is 17.2. The van der Waals surface area contributed by atoms with Crippen LogP contribution in [0.15, 0.2) is 11.6 Å². The van der Waals surface area contributed by atoms with Crippen molar-refractivity contribution in [1.29, 1.82) is 0 Å². The van der Waals surface area contributed by atoms with Crippen molar-refractivity contribution in [2.45, 2.75) is 91.9 Å². The van der Waals surface area contributed by atoms with E-state index in [-0.39, 0.29) is 23.4 Å². The van der Waals surface area contributed by atoms with Gasteiger partial charge in [0.25, 0.3) is 0 Å². The summed E-state index contributed by atoms with van der Waals surface area (Å²) in [4.78, 5) is 25.6. The highest BCUT2D eigenvalue weighted by Gasteiger charge is 2.51. The van der Waals surface area contributed by atoms with Crippen LogP contribution in [0.2, 0.25) is 0 Å². The van der Waals surface area contributed by atoms with Crippen LogP contribution in [0.1, 0.15) is 91.9 Å². The van der Waals surface area contributed by atoms with Gasteiger partial charge < -0.3 is 9.84 Å². The first-order valence-electron chi connectivity index (χ1n) is 10.5. The van der Waals surface area contributed by atoms with Gasteiger partial charge in [0.2, 0.25) is 0 Å². The molecule has 0 amide bonds. The lowest BCUT2D eigenvalue weighted by atomic mass is 9.61. The highest BCUT2D eigenvalue weighted by molar-refractivity contribution is 5.97. The van der Waals surface area contributed by atoms with Crippen LogP contribution in [0, 0.1) is 17.3 Å². The summed E-state index contributed by atoms with van der Waals surface area (Å²) in [5, 5.41) is 10.0. The molecule has 0 aromatic heterocycles. The van der Waals surface area contributed by atoms with Crippen LogP contribution < -0.4 is 0 Å². The fraction of sp³-hybridized carbons (Fsp3) is 0.818. The molecule has 0 aromatic rings. The predicted octanol–water partition coefficient (Wildman–Crippen LogP) is 5.75. The molecule has 0 radical (unpaired) electrons. The Hall–Kier alpha value is -1.32. The summed E-state index contributed by atoms with van der Waals surface area (Å²) >= 11 is 0. The zero-order valence-electron chi connectivity index (χ0n) is 17.2. The molecule has 1 N–H and O–H groups in total. The van der Waals surface area contributed by atoms with Gasteiger partial charge in [-0.1, -0.05) is 72.3 Å². The van der Waals surface area contributed by atoms with Crippen molar-refractivity contribution in [3.8, 4) is 0 Å². The molecule has 1 unspecified atom stereocenters. The number of hydrogen-bond donors (Lipinski definition) is 1. The average Bonchev–Trinajstić information content (AvgIpc) is 2.62. The summed E-state index contributed by atoms with van der Waals surface area (Å²) in [7, 11) is 0. The molecule has 1 atom stereocenters. The first kappa shape index (κ1) is 22.7. The largest absolute Gasteiger partial charge is 0.478 e. The maximum absolute atomic E-state index is 13.3. The molecule has 150 valence electrons. The van der Waals surface area contributed by atoms with Crippen molar-refractivity contribution in [2.75, 3.05) is 6.61 Å². The minimum atomic E-state index is -1.000. The normalized spacial score (nSPS) is 18.6. The van der Waals surface area contributed by atoms with Crippen LogP contribution in [0.5, 0.6) is 0 Å². The lowest BCUT2D eigenvalue weighted by Gasteiger charge is -2.41. The van der Waals surface area contributed by atoms with Crippen LogP contribution in [0.25, 0.3) is 0 Å². The molecule has 0 aliphatic heterocycles. The second-order valence-electron chi connectivity index (χ2n) is 8.03. The molecule has 4 heteroatoms. The van der Waals surface area contributed by atoms with Gasteiger partial charge in [0, 0.05) is 0 Å². The Bertz CT molecular complexity index is 475. The topological polar surface area (TPSA) is 63.6 Å². The number of hydrogen-bond acceptors (Lipinski definition) is 3. The Morgan fingerprint density at radius 3 is 2.23 bits per heavy atom. The number of carbonyl (C=O) groups excluding carboxylic acids is 1. The summed E-state index contributed by atoms with van der Waals surface area (Å²) in [6.45, 7) is 8.46. The fourth-order valence-electron chi connectivity index (χ4n) is 4.17. The van der Waals surface area contributed by atoms with Gasteiger partial charge in [0.05, 0.1) is 12.2 Å². The molecule has 1 aliphatic rings. The minimum absolute atomic E-state index is 0.0676. The number of allylic oxidation sites excluding steroid dienone is 1. The van der Waals surface area contributed by atoms with E-state index in [4.69, 9.17) is 4.74 Å². The van der Waals surface area contributed by atoms with Crippen molar-refractivity contribution in [3.63, 3.8) is 0 Å². The van der Waals surface area contributed by atoms with E-state index in [1.807, 2.05) is 13.8 Å². The number of carboxylic acid groups (broad SMARTS) is 1. The summed E-state index contributed by atoms with van der Waals surface area (Å²) in [6, 6.07) is 0. The van der Waals surface area contributed by atoms with E-state index in [2.05, 4.69) is 13.8 Å². The molecule has 1 saturated carbocycles. The van der Waals surface area contributed by atoms with Gasteiger partial charge in [0.15, 0.2) is 0 Å². The van der Waals surface area contributed by atoms with Gasteiger partial charge in [-0.05, 0) is 37.5 Å². The second-order valence-corrected chi connectivity index (χ2v) is 8.03. The van der Waals surface area contributed by atoms with E-state index >= 15 is 0 Å². The van der Waals surface area contributed by atoms with Crippen molar-refractivity contribution in [1.82, 2.24) is 0 Å². The summed E-state index contributed by atoms with van der Waals surface area (Å²) in [5.41, 5.74) is -0.727. The molecule has 1 fully saturated rings. The van der Waals surface area contributed by atoms with Gasteiger partial charge in [-0.25, -0.2) is 4.79 Å². The van der Waals surface area contributed by atoms with E-state index in [1.54, 1.807) is 6.08 Å². The molecular weight excluding hydrogens is 328 g/mol. The monoisotopic (exact) mass is 366 g/mol. The van der Waals surface area contributed by atoms with Gasteiger partial charge >= 0.3 is 11.9 Å². The van der Waals surface area contributed by atoms with Crippen LogP contribution in [0.3, 0.4) is 0 Å². The Balaban J connectivity index is 3.39. The predicted molar refractivity (Wildman–Crippen MR) is 105 cm³/mol. The third-order valence-electron chi connectivity index (χ3n) is 5.53. The van der Waals surface area contributed by atoms with Crippen LogP contribution in [-0.4, -0.2) is 23.7 Å². The first-order chi connectivity index (χ1) is 12.4. The Labute approximate surface area is 159 Å². The molecule has 0 aromatic carbocycles. The Morgan fingerprint density at radius 2 is 1.73 bits per heavy atom. The van der Waals surface area contributed by atoms with Crippen LogP contribution in [0.4, 0.5) is 0 Å². The van der Waals surface area contributed by atoms with Crippen LogP contribution in [-0.2, 0) is 14.3 Å². The molecule has 0 saturated heterocycles. The standard InChI is InChI=1S/C22H38O4/c1-5-7-14-22(18-12-10-9-11-13-18,21(25)26-15-8-6-2)19(20(23)24)16-17(3)4/h16-18H,5-15H2,1-4H3,(H,23,24). The summed E-state index contributed by atoms with van der Waals surface area (Å²) in [5.74, 6) is -1.12. The number of rotatable bonds is 11. The third kappa shape index (κ3) is 5.85. The van der Waals surface area contributed by atoms with Crippen molar-refractivity contribution < 1.29 is 19.4 Å². The third-order valence-corrected chi connectivity index (χ3v) is 5.53. The number of unbranched alkanes of at least 4 members (excludes halogenated alkanes) is 2. The molecule has 0 bridgehead atoms. The Kier molecular flexibility index (Phi) is 9.97. The lowest BCUT2D eigenvalue weighted by molar-refractivity contribution is -0.161. The van der Waals surface area contributed by atoms with Crippen LogP contribution >= 0.6 is 0 Å². The Morgan fingerprint density at radius 1 is 1.12 bits per heavy atom. The van der Waals surface area contributed by atoms with Gasteiger partial charge in [-0.15, -0.1) is 0 Å². The van der Waals surface area contributed by atoms with E-state index < -0.39 is 11.4 Å². The highest BCUT2D eigenvalue weighted by Crippen LogP contribution is 2.49. The SMILES string of the molecule is CCCCOC(=O)C(CCCC)(C(=CC(C)C)C(=O)O)C1CCCCC1. The van der Waals surface area contributed by atoms with Gasteiger partial charge in [-0.3, -0.25) is 4.79 Å². The summed E-state index contributed by atoms with van der Waals surface area (Å²) < 4.78 is 5.67. The van der Waals surface area contributed by atoms with Gasteiger partial charge in [-0.2, -0.15) is 0 Å². The molecule has 1 rings (SSSR count). The van der Waals surface area contributed by atoms with E-state index in [0.29, 0.717) is 13.0 Å². The maximum atomic E-state index is 13.3. The molecule has 26 heavy (non-hydrogen) atoms. The fourth-order valence-corrected chi connectivity index (χ4v) is 4.17. The van der Waals surface area contributed by atoms with Gasteiger partial charge in [0.1, 0.15) is 5.41 Å². The maximum Gasteiger partial charge on any atom is 0.332 e. The number of carbonyl (C=O) groups is 2. The molecule has 0 heterocycles. The first-order valence-corrected chi connectivity index (χ1v) is 10.5. The van der Waals surface area contributed by atoms with Crippen molar-refractivity contribution in [2.24, 2.45) is 17.3 Å². The van der Waals surface area contributed by atoms with E-state index in [9.17, 15) is 14.7 Å². The minimum Gasteiger partial charge on any atom is -0.478 e.